The topological polar surface area (TPSA) is 68.0 Å². The van der Waals surface area contributed by atoms with Crippen molar-refractivity contribution in [2.24, 2.45) is 0 Å². The van der Waals surface area contributed by atoms with E-state index >= 15 is 0 Å². The van der Waals surface area contributed by atoms with Gasteiger partial charge in [0.15, 0.2) is 0 Å². The van der Waals surface area contributed by atoms with Crippen LogP contribution in [-0.4, -0.2) is 16.0 Å². The largest absolute Gasteiger partial charge is 0.337 e. The van der Waals surface area contributed by atoms with Crippen molar-refractivity contribution < 1.29 is 13.7 Å². The minimum Gasteiger partial charge on any atom is -0.337 e. The average molecular weight is 415 g/mol. The summed E-state index contributed by atoms with van der Waals surface area (Å²) in [4.78, 5) is 17.1. The zero-order chi connectivity index (χ0) is 22.0. The van der Waals surface area contributed by atoms with E-state index in [0.717, 1.165) is 16.7 Å². The lowest BCUT2D eigenvalue weighted by molar-refractivity contribution is -0.117. The van der Waals surface area contributed by atoms with Gasteiger partial charge in [-0.15, -0.1) is 0 Å². The predicted octanol–water partition coefficient (Wildman–Crippen LogP) is 5.90. The highest BCUT2D eigenvalue weighted by Crippen LogP contribution is 2.38. The Morgan fingerprint density at radius 2 is 1.74 bits per heavy atom. The second kappa shape index (κ2) is 8.52. The van der Waals surface area contributed by atoms with E-state index in [0.29, 0.717) is 22.4 Å². The zero-order valence-corrected chi connectivity index (χ0v) is 17.5. The third-order valence-corrected chi connectivity index (χ3v) is 5.38. The molecule has 1 amide bonds. The molecule has 0 aliphatic heterocycles. The minimum atomic E-state index is -0.381. The molecule has 0 saturated carbocycles. The lowest BCUT2D eigenvalue weighted by Gasteiger charge is -2.14. The van der Waals surface area contributed by atoms with Gasteiger partial charge in [0.05, 0.1) is 11.5 Å². The Labute approximate surface area is 179 Å². The van der Waals surface area contributed by atoms with Crippen molar-refractivity contribution in [1.29, 1.82) is 0 Å². The lowest BCUT2D eigenvalue weighted by atomic mass is 9.95. The van der Waals surface area contributed by atoms with Gasteiger partial charge in [-0.25, -0.2) is 4.39 Å². The number of rotatable bonds is 5. The van der Waals surface area contributed by atoms with E-state index in [1.54, 1.807) is 31.5 Å². The summed E-state index contributed by atoms with van der Waals surface area (Å²) in [6, 6.07) is 16.2. The quantitative estimate of drug-likeness (QED) is 0.440. The van der Waals surface area contributed by atoms with E-state index < -0.39 is 0 Å². The summed E-state index contributed by atoms with van der Waals surface area (Å²) in [5, 5.41) is 7.09. The third-order valence-electron chi connectivity index (χ3n) is 5.38. The number of carbonyl (C=O) groups is 1. The summed E-state index contributed by atoms with van der Waals surface area (Å²) in [5.74, 6) is -0.636. The maximum atomic E-state index is 13.8. The molecule has 2 aromatic carbocycles. The van der Waals surface area contributed by atoms with E-state index in [4.69, 9.17) is 4.52 Å². The van der Waals surface area contributed by atoms with E-state index in [2.05, 4.69) is 15.5 Å². The fraction of sp³-hybridized carbons (Fsp3) is 0.160. The van der Waals surface area contributed by atoms with Gasteiger partial charge in [0.2, 0.25) is 11.8 Å². The van der Waals surface area contributed by atoms with Crippen LogP contribution < -0.4 is 5.32 Å². The Bertz CT molecular complexity index is 1230. The molecule has 5 nitrogen and oxygen atoms in total. The molecule has 0 spiro atoms. The van der Waals surface area contributed by atoms with Crippen LogP contribution in [0.4, 0.5) is 10.3 Å². The fourth-order valence-corrected chi connectivity index (χ4v) is 3.58. The summed E-state index contributed by atoms with van der Waals surface area (Å²) < 4.78 is 19.4. The Kier molecular flexibility index (Phi) is 5.62. The predicted molar refractivity (Wildman–Crippen MR) is 118 cm³/mol. The molecule has 0 fully saturated rings. The second-order valence-electron chi connectivity index (χ2n) is 7.50. The van der Waals surface area contributed by atoms with Crippen molar-refractivity contribution in [3.05, 3.63) is 89.5 Å². The Morgan fingerprint density at radius 3 is 2.45 bits per heavy atom. The maximum absolute atomic E-state index is 13.8. The molecule has 1 unspecified atom stereocenters. The number of nitrogens with zero attached hydrogens (tertiary/aromatic N) is 2. The van der Waals surface area contributed by atoms with Crippen LogP contribution in [-0.2, 0) is 4.79 Å². The van der Waals surface area contributed by atoms with Crippen molar-refractivity contribution in [3.63, 3.8) is 0 Å². The smallest absolute Gasteiger partial charge is 0.239 e. The van der Waals surface area contributed by atoms with Gasteiger partial charge >= 0.3 is 0 Å². The van der Waals surface area contributed by atoms with Gasteiger partial charge in [-0.05, 0) is 73.4 Å². The third kappa shape index (κ3) is 4.10. The number of aryl methyl sites for hydroxylation is 2. The first-order valence-electron chi connectivity index (χ1n) is 9.98. The van der Waals surface area contributed by atoms with Crippen LogP contribution in [0.15, 0.2) is 71.5 Å². The average Bonchev–Trinajstić information content (AvgIpc) is 3.19. The van der Waals surface area contributed by atoms with Crippen LogP contribution in [0.1, 0.15) is 29.5 Å². The molecule has 2 heterocycles. The molecule has 31 heavy (non-hydrogen) atoms. The van der Waals surface area contributed by atoms with Crippen LogP contribution in [0.2, 0.25) is 0 Å². The van der Waals surface area contributed by atoms with E-state index in [-0.39, 0.29) is 23.5 Å². The molecule has 4 rings (SSSR count). The molecule has 156 valence electrons. The number of benzene rings is 2. The number of carbonyl (C=O) groups excluding carboxylic acids is 1. The first-order chi connectivity index (χ1) is 15.0. The molecule has 1 atom stereocenters. The Balaban J connectivity index is 1.74. The van der Waals surface area contributed by atoms with Crippen molar-refractivity contribution >= 4 is 11.8 Å². The summed E-state index contributed by atoms with van der Waals surface area (Å²) in [7, 11) is 0. The fourth-order valence-electron chi connectivity index (χ4n) is 3.58. The van der Waals surface area contributed by atoms with Crippen molar-refractivity contribution in [1.82, 2.24) is 10.1 Å². The number of hydrogen-bond donors (Lipinski definition) is 1. The van der Waals surface area contributed by atoms with Gasteiger partial charge < -0.3 is 4.52 Å². The maximum Gasteiger partial charge on any atom is 0.239 e. The molecule has 4 aromatic rings. The van der Waals surface area contributed by atoms with Crippen LogP contribution in [0.5, 0.6) is 0 Å². The lowest BCUT2D eigenvalue weighted by Crippen LogP contribution is -2.19. The number of hydrogen-bond acceptors (Lipinski definition) is 4. The Morgan fingerprint density at radius 1 is 1.00 bits per heavy atom. The van der Waals surface area contributed by atoms with Gasteiger partial charge in [-0.2, -0.15) is 0 Å². The monoisotopic (exact) mass is 415 g/mol. The van der Waals surface area contributed by atoms with Gasteiger partial charge in [0.25, 0.3) is 0 Å². The molecular weight excluding hydrogens is 393 g/mol. The molecule has 0 radical (unpaired) electrons. The van der Waals surface area contributed by atoms with Crippen molar-refractivity contribution in [2.75, 3.05) is 5.32 Å². The van der Waals surface area contributed by atoms with Crippen molar-refractivity contribution in [3.8, 4) is 22.4 Å². The number of pyridine rings is 1. The van der Waals surface area contributed by atoms with Gasteiger partial charge in [-0.3, -0.25) is 15.1 Å². The number of anilines is 1. The highest BCUT2D eigenvalue weighted by molar-refractivity contribution is 6.00. The molecule has 0 bridgehead atoms. The van der Waals surface area contributed by atoms with E-state index in [9.17, 15) is 9.18 Å². The van der Waals surface area contributed by atoms with Gasteiger partial charge in [0.1, 0.15) is 11.5 Å². The molecule has 0 aliphatic carbocycles. The number of aromatic nitrogens is 2. The van der Waals surface area contributed by atoms with E-state index in [1.807, 2.05) is 50.2 Å². The van der Waals surface area contributed by atoms with E-state index in [1.165, 1.54) is 6.07 Å². The van der Waals surface area contributed by atoms with Gasteiger partial charge in [-0.1, -0.05) is 29.4 Å². The first-order valence-corrected chi connectivity index (χ1v) is 9.98. The molecule has 6 heteroatoms. The zero-order valence-electron chi connectivity index (χ0n) is 17.5. The second-order valence-corrected chi connectivity index (χ2v) is 7.50. The van der Waals surface area contributed by atoms with Crippen LogP contribution >= 0.6 is 0 Å². The summed E-state index contributed by atoms with van der Waals surface area (Å²) in [5.41, 5.74) is 5.11. The van der Waals surface area contributed by atoms with Crippen molar-refractivity contribution in [2.45, 2.75) is 26.7 Å². The van der Waals surface area contributed by atoms with Gasteiger partial charge in [0, 0.05) is 18.0 Å². The summed E-state index contributed by atoms with van der Waals surface area (Å²) in [6.07, 6.45) is 3.31. The molecule has 0 saturated heterocycles. The molecular formula is C25H22FN3O2. The minimum absolute atomic E-state index is 0.206. The number of amides is 1. The number of nitrogens with one attached hydrogen (secondary N) is 1. The van der Waals surface area contributed by atoms with Crippen LogP contribution in [0.3, 0.4) is 0 Å². The standard InChI is InChI=1S/C25H22FN3O2/c1-15-6-4-5-7-20(15)17(3)24(30)28-25-22(18-10-12-27-13-11-18)23(29-31-25)19-8-9-21(26)16(2)14-19/h4-14,17H,1-3H3,(H,28,30). The summed E-state index contributed by atoms with van der Waals surface area (Å²) in [6.45, 7) is 5.52. The van der Waals surface area contributed by atoms with Crippen LogP contribution in [0, 0.1) is 19.7 Å². The van der Waals surface area contributed by atoms with Crippen LogP contribution in [0.25, 0.3) is 22.4 Å². The SMILES string of the molecule is Cc1cc(-c2noc(NC(=O)C(C)c3ccccc3C)c2-c2ccncc2)ccc1F. The highest BCUT2D eigenvalue weighted by atomic mass is 19.1. The highest BCUT2D eigenvalue weighted by Gasteiger charge is 2.24. The summed E-state index contributed by atoms with van der Waals surface area (Å²) >= 11 is 0. The number of halogens is 1. The molecule has 1 N–H and O–H groups in total. The Hall–Kier alpha value is -3.80. The first kappa shape index (κ1) is 20.5. The normalized spacial score (nSPS) is 11.9. The molecule has 0 aliphatic rings. The molecule has 2 aromatic heterocycles.